The van der Waals surface area contributed by atoms with E-state index in [9.17, 15) is 9.59 Å². The van der Waals surface area contributed by atoms with Crippen LogP contribution >= 0.6 is 11.3 Å². The van der Waals surface area contributed by atoms with Crippen LogP contribution < -0.4 is 5.32 Å². The minimum atomic E-state index is -1.03. The summed E-state index contributed by atoms with van der Waals surface area (Å²) >= 11 is 1.41. The number of carboxylic acids is 1. The SMILES string of the molecule is CC(C)c1ccc(-c2nc(C(=O)NCCOCC(=O)O)cs2)cc1. The molecule has 0 aliphatic heterocycles. The molecule has 1 heterocycles. The van der Waals surface area contributed by atoms with Crippen LogP contribution in [-0.4, -0.2) is 41.7 Å². The molecule has 128 valence electrons. The van der Waals surface area contributed by atoms with Crippen LogP contribution in [0.1, 0.15) is 35.8 Å². The average molecular weight is 348 g/mol. The first-order chi connectivity index (χ1) is 11.5. The Bertz CT molecular complexity index is 695. The lowest BCUT2D eigenvalue weighted by Crippen LogP contribution is -2.28. The predicted octanol–water partition coefficient (Wildman–Crippen LogP) is 2.76. The highest BCUT2D eigenvalue weighted by molar-refractivity contribution is 7.13. The third-order valence-corrected chi connectivity index (χ3v) is 4.21. The van der Waals surface area contributed by atoms with Crippen molar-refractivity contribution < 1.29 is 19.4 Å². The first-order valence-corrected chi connectivity index (χ1v) is 8.49. The molecule has 0 fully saturated rings. The predicted molar refractivity (Wildman–Crippen MR) is 92.4 cm³/mol. The van der Waals surface area contributed by atoms with Gasteiger partial charge in [0.05, 0.1) is 6.61 Å². The van der Waals surface area contributed by atoms with Crippen LogP contribution in [0.3, 0.4) is 0 Å². The van der Waals surface area contributed by atoms with E-state index in [2.05, 4.69) is 36.3 Å². The molecule has 0 bridgehead atoms. The number of hydrogen-bond acceptors (Lipinski definition) is 5. The fourth-order valence-electron chi connectivity index (χ4n) is 2.01. The van der Waals surface area contributed by atoms with Gasteiger partial charge in [-0.25, -0.2) is 9.78 Å². The van der Waals surface area contributed by atoms with Gasteiger partial charge in [-0.15, -0.1) is 11.3 Å². The summed E-state index contributed by atoms with van der Waals surface area (Å²) in [6, 6.07) is 8.16. The van der Waals surface area contributed by atoms with Gasteiger partial charge in [0.15, 0.2) is 0 Å². The first-order valence-electron chi connectivity index (χ1n) is 7.61. The molecule has 7 heteroatoms. The molecule has 1 aromatic heterocycles. The number of benzene rings is 1. The number of aromatic nitrogens is 1. The normalized spacial score (nSPS) is 10.8. The molecule has 0 unspecified atom stereocenters. The second-order valence-corrected chi connectivity index (χ2v) is 6.37. The van der Waals surface area contributed by atoms with Gasteiger partial charge in [0.25, 0.3) is 5.91 Å². The van der Waals surface area contributed by atoms with Crippen LogP contribution in [0, 0.1) is 0 Å². The Kier molecular flexibility index (Phi) is 6.45. The number of ether oxygens (including phenoxy) is 1. The molecule has 2 aromatic rings. The molecule has 2 rings (SSSR count). The summed E-state index contributed by atoms with van der Waals surface area (Å²) in [5, 5.41) is 13.6. The fourth-order valence-corrected chi connectivity index (χ4v) is 2.81. The Labute approximate surface area is 144 Å². The van der Waals surface area contributed by atoms with Crippen LogP contribution in [0.5, 0.6) is 0 Å². The third-order valence-electron chi connectivity index (χ3n) is 3.32. The number of carboxylic acid groups (broad SMARTS) is 1. The number of hydrogen-bond donors (Lipinski definition) is 2. The summed E-state index contributed by atoms with van der Waals surface area (Å²) in [4.78, 5) is 26.6. The van der Waals surface area contributed by atoms with Crippen molar-refractivity contribution >= 4 is 23.2 Å². The van der Waals surface area contributed by atoms with Gasteiger partial charge >= 0.3 is 5.97 Å². The van der Waals surface area contributed by atoms with Crippen LogP contribution in [0.4, 0.5) is 0 Å². The third kappa shape index (κ3) is 5.14. The Balaban J connectivity index is 1.90. The molecule has 0 aliphatic carbocycles. The van der Waals surface area contributed by atoms with Crippen molar-refractivity contribution in [1.29, 1.82) is 0 Å². The molecular formula is C17H20N2O4S. The molecule has 24 heavy (non-hydrogen) atoms. The summed E-state index contributed by atoms with van der Waals surface area (Å²) in [5.41, 5.74) is 2.59. The lowest BCUT2D eigenvalue weighted by molar-refractivity contribution is -0.142. The highest BCUT2D eigenvalue weighted by atomic mass is 32.1. The molecule has 0 radical (unpaired) electrons. The van der Waals surface area contributed by atoms with Gasteiger partial charge in [0, 0.05) is 17.5 Å². The summed E-state index contributed by atoms with van der Waals surface area (Å²) in [6.45, 7) is 4.29. The fraction of sp³-hybridized carbons (Fsp3) is 0.353. The number of thiazole rings is 1. The summed E-state index contributed by atoms with van der Waals surface area (Å²) in [5.74, 6) is -0.857. The van der Waals surface area contributed by atoms with E-state index in [1.54, 1.807) is 5.38 Å². The van der Waals surface area contributed by atoms with Crippen molar-refractivity contribution in [1.82, 2.24) is 10.3 Å². The molecule has 1 amide bonds. The van der Waals surface area contributed by atoms with E-state index in [0.29, 0.717) is 11.6 Å². The zero-order valence-electron chi connectivity index (χ0n) is 13.6. The Morgan fingerprint density at radius 2 is 2.00 bits per heavy atom. The second-order valence-electron chi connectivity index (χ2n) is 5.52. The molecule has 2 N–H and O–H groups in total. The first kappa shape index (κ1) is 18.1. The van der Waals surface area contributed by atoms with Gasteiger partial charge in [-0.05, 0) is 11.5 Å². The number of carbonyl (C=O) groups excluding carboxylic acids is 1. The number of aliphatic carboxylic acids is 1. The topological polar surface area (TPSA) is 88.5 Å². The minimum absolute atomic E-state index is 0.145. The standard InChI is InChI=1S/C17H20N2O4S/c1-11(2)12-3-5-13(6-4-12)17-19-14(10-24-17)16(22)18-7-8-23-9-15(20)21/h3-6,10-11H,7-9H2,1-2H3,(H,18,22)(H,20,21). The monoisotopic (exact) mass is 348 g/mol. The maximum atomic E-state index is 12.0. The number of rotatable bonds is 8. The van der Waals surface area contributed by atoms with Crippen molar-refractivity contribution in [3.8, 4) is 10.6 Å². The molecule has 1 aromatic carbocycles. The minimum Gasteiger partial charge on any atom is -0.480 e. The molecular weight excluding hydrogens is 328 g/mol. The Morgan fingerprint density at radius 1 is 1.29 bits per heavy atom. The highest BCUT2D eigenvalue weighted by Crippen LogP contribution is 2.25. The Morgan fingerprint density at radius 3 is 2.62 bits per heavy atom. The van der Waals surface area contributed by atoms with Gasteiger partial charge < -0.3 is 15.2 Å². The molecule has 0 saturated carbocycles. The van der Waals surface area contributed by atoms with Crippen molar-refractivity contribution in [3.63, 3.8) is 0 Å². The largest absolute Gasteiger partial charge is 0.480 e. The number of nitrogens with zero attached hydrogens (tertiary/aromatic N) is 1. The van der Waals surface area contributed by atoms with E-state index in [0.717, 1.165) is 10.6 Å². The zero-order chi connectivity index (χ0) is 17.5. The molecule has 6 nitrogen and oxygen atoms in total. The number of amides is 1. The quantitative estimate of drug-likeness (QED) is 0.716. The van der Waals surface area contributed by atoms with E-state index in [1.807, 2.05) is 12.1 Å². The van der Waals surface area contributed by atoms with Crippen LogP contribution in [0.2, 0.25) is 0 Å². The zero-order valence-corrected chi connectivity index (χ0v) is 14.4. The van der Waals surface area contributed by atoms with Crippen LogP contribution in [0.15, 0.2) is 29.6 Å². The van der Waals surface area contributed by atoms with Crippen molar-refractivity contribution in [2.24, 2.45) is 0 Å². The second kappa shape index (κ2) is 8.56. The van der Waals surface area contributed by atoms with Gasteiger partial charge in [-0.3, -0.25) is 4.79 Å². The summed E-state index contributed by atoms with van der Waals surface area (Å²) in [7, 11) is 0. The molecule has 0 aliphatic rings. The lowest BCUT2D eigenvalue weighted by Gasteiger charge is -2.05. The van der Waals surface area contributed by atoms with Gasteiger partial charge in [0.2, 0.25) is 0 Å². The van der Waals surface area contributed by atoms with Crippen LogP contribution in [0.25, 0.3) is 10.6 Å². The number of nitrogens with one attached hydrogen (secondary N) is 1. The van der Waals surface area contributed by atoms with E-state index in [4.69, 9.17) is 9.84 Å². The van der Waals surface area contributed by atoms with E-state index in [-0.39, 0.29) is 25.7 Å². The van der Waals surface area contributed by atoms with Crippen molar-refractivity contribution in [3.05, 3.63) is 40.9 Å². The van der Waals surface area contributed by atoms with Gasteiger partial charge in [-0.2, -0.15) is 0 Å². The van der Waals surface area contributed by atoms with E-state index >= 15 is 0 Å². The maximum absolute atomic E-state index is 12.0. The molecule has 0 atom stereocenters. The van der Waals surface area contributed by atoms with Crippen LogP contribution in [-0.2, 0) is 9.53 Å². The summed E-state index contributed by atoms with van der Waals surface area (Å²) in [6.07, 6.45) is 0. The van der Waals surface area contributed by atoms with Crippen molar-refractivity contribution in [2.45, 2.75) is 19.8 Å². The summed E-state index contributed by atoms with van der Waals surface area (Å²) < 4.78 is 4.85. The molecule has 0 spiro atoms. The highest BCUT2D eigenvalue weighted by Gasteiger charge is 2.11. The van der Waals surface area contributed by atoms with Gasteiger partial charge in [-0.1, -0.05) is 38.1 Å². The van der Waals surface area contributed by atoms with Crippen molar-refractivity contribution in [2.75, 3.05) is 19.8 Å². The Hall–Kier alpha value is -2.25. The lowest BCUT2D eigenvalue weighted by atomic mass is 10.0. The average Bonchev–Trinajstić information content (AvgIpc) is 3.04. The smallest absolute Gasteiger partial charge is 0.329 e. The van der Waals surface area contributed by atoms with E-state index < -0.39 is 5.97 Å². The number of carbonyl (C=O) groups is 2. The molecule has 0 saturated heterocycles. The van der Waals surface area contributed by atoms with E-state index in [1.165, 1.54) is 16.9 Å². The maximum Gasteiger partial charge on any atom is 0.329 e. The van der Waals surface area contributed by atoms with Gasteiger partial charge in [0.1, 0.15) is 17.3 Å².